The predicted molar refractivity (Wildman–Crippen MR) is 127 cm³/mol. The van der Waals surface area contributed by atoms with Gasteiger partial charge in [0.15, 0.2) is 5.82 Å². The highest BCUT2D eigenvalue weighted by Crippen LogP contribution is 2.30. The van der Waals surface area contributed by atoms with Gasteiger partial charge in [0, 0.05) is 38.3 Å². The zero-order valence-corrected chi connectivity index (χ0v) is 19.2. The van der Waals surface area contributed by atoms with Crippen molar-refractivity contribution in [3.05, 3.63) is 36.2 Å². The van der Waals surface area contributed by atoms with Crippen LogP contribution in [0.25, 0.3) is 17.0 Å². The third-order valence-electron chi connectivity index (χ3n) is 6.37. The van der Waals surface area contributed by atoms with Crippen molar-refractivity contribution < 1.29 is 18.3 Å². The number of ether oxygens (including phenoxy) is 1. The molecule has 2 saturated heterocycles. The molecular formula is C23H28F2N8O2. The number of carbonyl (C=O) groups excluding carboxylic acids is 1. The molecule has 0 unspecified atom stereocenters. The van der Waals surface area contributed by atoms with Crippen molar-refractivity contribution in [2.24, 2.45) is 5.73 Å². The number of carbonyl (C=O) groups is 1. The molecule has 0 bridgehead atoms. The molecule has 5 rings (SSSR count). The summed E-state index contributed by atoms with van der Waals surface area (Å²) < 4.78 is 34.9. The van der Waals surface area contributed by atoms with E-state index in [1.54, 1.807) is 24.3 Å². The molecule has 1 amide bonds. The third-order valence-corrected chi connectivity index (χ3v) is 6.37. The maximum atomic E-state index is 14.0. The van der Waals surface area contributed by atoms with Crippen LogP contribution in [-0.4, -0.2) is 77.4 Å². The second kappa shape index (κ2) is 10.1. The van der Waals surface area contributed by atoms with Crippen molar-refractivity contribution in [3.63, 3.8) is 0 Å². The van der Waals surface area contributed by atoms with Crippen molar-refractivity contribution in [3.8, 4) is 5.95 Å². The minimum Gasteiger partial charge on any atom is -0.378 e. The van der Waals surface area contributed by atoms with Crippen LogP contribution < -0.4 is 20.9 Å². The number of amides is 1. The van der Waals surface area contributed by atoms with Gasteiger partial charge in [0.2, 0.25) is 11.9 Å². The summed E-state index contributed by atoms with van der Waals surface area (Å²) >= 11 is 0. The molecule has 0 atom stereocenters. The molecule has 3 N–H and O–H groups in total. The predicted octanol–water partition coefficient (Wildman–Crippen LogP) is 1.63. The maximum absolute atomic E-state index is 14.0. The van der Waals surface area contributed by atoms with Gasteiger partial charge < -0.3 is 25.6 Å². The van der Waals surface area contributed by atoms with Crippen molar-refractivity contribution >= 4 is 28.6 Å². The van der Waals surface area contributed by atoms with Gasteiger partial charge in [-0.25, -0.2) is 13.8 Å². The van der Waals surface area contributed by atoms with Gasteiger partial charge in [-0.1, -0.05) is 12.1 Å². The first-order valence-corrected chi connectivity index (χ1v) is 11.8. The Bertz CT molecular complexity index is 1190. The Hall–Kier alpha value is -3.38. The monoisotopic (exact) mass is 486 g/mol. The van der Waals surface area contributed by atoms with E-state index in [0.29, 0.717) is 62.1 Å². The zero-order valence-electron chi connectivity index (χ0n) is 19.2. The van der Waals surface area contributed by atoms with E-state index in [2.05, 4.69) is 20.1 Å². The fraction of sp³-hybridized carbons (Fsp3) is 0.478. The Morgan fingerprint density at radius 2 is 1.71 bits per heavy atom. The van der Waals surface area contributed by atoms with Gasteiger partial charge in [-0.05, 0) is 25.0 Å². The average Bonchev–Trinajstić information content (AvgIpc) is 3.29. The number of imidazole rings is 1. The number of hydrogen-bond donors (Lipinski definition) is 2. The second-order valence-electron chi connectivity index (χ2n) is 8.61. The summed E-state index contributed by atoms with van der Waals surface area (Å²) in [4.78, 5) is 29.4. The van der Waals surface area contributed by atoms with E-state index < -0.39 is 6.43 Å². The smallest absolute Gasteiger partial charge is 0.296 e. The van der Waals surface area contributed by atoms with Crippen LogP contribution in [0.4, 0.5) is 20.4 Å². The Balaban J connectivity index is 1.53. The molecule has 2 aliphatic heterocycles. The van der Waals surface area contributed by atoms with Crippen LogP contribution >= 0.6 is 0 Å². The summed E-state index contributed by atoms with van der Waals surface area (Å²) in [6.07, 6.45) is -1.33. The normalized spacial score (nSPS) is 17.4. The van der Waals surface area contributed by atoms with E-state index in [9.17, 15) is 13.6 Å². The van der Waals surface area contributed by atoms with Gasteiger partial charge in [0.1, 0.15) is 11.6 Å². The first-order valence-electron chi connectivity index (χ1n) is 11.8. The zero-order chi connectivity index (χ0) is 24.4. The second-order valence-corrected chi connectivity index (χ2v) is 8.61. The number of nitrogens with zero attached hydrogens (tertiary/aromatic N) is 6. The Morgan fingerprint density at radius 3 is 2.37 bits per heavy atom. The summed E-state index contributed by atoms with van der Waals surface area (Å²) in [6.45, 7) is 3.70. The van der Waals surface area contributed by atoms with Crippen LogP contribution in [0, 0.1) is 0 Å². The fourth-order valence-electron chi connectivity index (χ4n) is 4.57. The van der Waals surface area contributed by atoms with Crippen molar-refractivity contribution in [2.75, 3.05) is 55.7 Å². The number of halogens is 2. The minimum atomic E-state index is -2.79. The van der Waals surface area contributed by atoms with Gasteiger partial charge in [0.05, 0.1) is 30.8 Å². The van der Waals surface area contributed by atoms with Crippen LogP contribution in [0.15, 0.2) is 30.3 Å². The molecule has 10 nitrogen and oxygen atoms in total. The molecule has 2 aliphatic rings. The van der Waals surface area contributed by atoms with Crippen LogP contribution in [0.1, 0.15) is 25.1 Å². The molecule has 0 spiro atoms. The Labute approximate surface area is 201 Å². The SMILES string of the molecule is NCC(=O)NC1CCN(c2cc(N3CCOCC3)nc(-n3c(C(F)F)nc4ccccc43)n2)CC1. The largest absolute Gasteiger partial charge is 0.378 e. The quantitative estimate of drug-likeness (QED) is 0.541. The van der Waals surface area contributed by atoms with Crippen molar-refractivity contribution in [1.29, 1.82) is 0 Å². The highest BCUT2D eigenvalue weighted by molar-refractivity contribution is 5.78. The molecule has 35 heavy (non-hydrogen) atoms. The van der Waals surface area contributed by atoms with E-state index in [4.69, 9.17) is 20.4 Å². The van der Waals surface area contributed by atoms with Gasteiger partial charge in [-0.3, -0.25) is 9.36 Å². The van der Waals surface area contributed by atoms with Gasteiger partial charge in [0.25, 0.3) is 6.43 Å². The standard InChI is InChI=1S/C23H28F2N8O2/c24-21(25)22-28-16-3-1-2-4-17(16)33(22)23-29-18(13-19(30-23)32-9-11-35-12-10-32)31-7-5-15(6-8-31)27-20(34)14-26/h1-4,13,15,21H,5-12,14,26H2,(H,27,34). The fourth-order valence-corrected chi connectivity index (χ4v) is 4.57. The van der Waals surface area contributed by atoms with Crippen molar-refractivity contribution in [2.45, 2.75) is 25.3 Å². The van der Waals surface area contributed by atoms with E-state index >= 15 is 0 Å². The average molecular weight is 487 g/mol. The van der Waals surface area contributed by atoms with Gasteiger partial charge >= 0.3 is 0 Å². The summed E-state index contributed by atoms with van der Waals surface area (Å²) in [7, 11) is 0. The number of para-hydroxylation sites is 2. The lowest BCUT2D eigenvalue weighted by Crippen LogP contribution is -2.46. The third kappa shape index (κ3) is 4.89. The molecule has 3 aromatic rings. The molecule has 4 heterocycles. The number of morpholine rings is 1. The van der Waals surface area contributed by atoms with E-state index in [1.165, 1.54) is 4.57 Å². The highest BCUT2D eigenvalue weighted by atomic mass is 19.3. The van der Waals surface area contributed by atoms with Crippen LogP contribution in [0.5, 0.6) is 0 Å². The number of benzene rings is 1. The first kappa shape index (κ1) is 23.4. The summed E-state index contributed by atoms with van der Waals surface area (Å²) in [5.74, 6) is 0.905. The minimum absolute atomic E-state index is 0.0380. The molecule has 2 fully saturated rings. The molecule has 186 valence electrons. The topological polar surface area (TPSA) is 114 Å². The van der Waals surface area contributed by atoms with E-state index in [0.717, 1.165) is 12.8 Å². The Kier molecular flexibility index (Phi) is 6.73. The maximum Gasteiger partial charge on any atom is 0.296 e. The molecule has 0 radical (unpaired) electrons. The molecule has 12 heteroatoms. The van der Waals surface area contributed by atoms with Crippen LogP contribution in [0.3, 0.4) is 0 Å². The molecular weight excluding hydrogens is 458 g/mol. The van der Waals surface area contributed by atoms with Crippen LogP contribution in [0.2, 0.25) is 0 Å². The first-order chi connectivity index (χ1) is 17.0. The number of alkyl halides is 2. The lowest BCUT2D eigenvalue weighted by atomic mass is 10.0. The molecule has 1 aromatic carbocycles. The number of nitrogens with one attached hydrogen (secondary N) is 1. The number of hydrogen-bond acceptors (Lipinski definition) is 8. The van der Waals surface area contributed by atoms with E-state index in [-0.39, 0.29) is 30.3 Å². The summed E-state index contributed by atoms with van der Waals surface area (Å²) in [5.41, 5.74) is 6.40. The number of aromatic nitrogens is 4. The van der Waals surface area contributed by atoms with Gasteiger partial charge in [-0.2, -0.15) is 9.97 Å². The molecule has 0 aliphatic carbocycles. The summed E-state index contributed by atoms with van der Waals surface area (Å²) in [6, 6.07) is 8.93. The number of nitrogens with two attached hydrogens (primary N) is 1. The number of piperidine rings is 1. The highest BCUT2D eigenvalue weighted by Gasteiger charge is 2.26. The number of rotatable bonds is 6. The number of fused-ring (bicyclic) bond motifs is 1. The summed E-state index contributed by atoms with van der Waals surface area (Å²) in [5, 5.41) is 2.94. The lowest BCUT2D eigenvalue weighted by Gasteiger charge is -2.34. The molecule has 2 aromatic heterocycles. The molecule has 0 saturated carbocycles. The van der Waals surface area contributed by atoms with Gasteiger partial charge in [-0.15, -0.1) is 0 Å². The lowest BCUT2D eigenvalue weighted by molar-refractivity contribution is -0.120. The van der Waals surface area contributed by atoms with Crippen LogP contribution in [-0.2, 0) is 9.53 Å². The Morgan fingerprint density at radius 1 is 1.06 bits per heavy atom. The van der Waals surface area contributed by atoms with Crippen molar-refractivity contribution in [1.82, 2.24) is 24.8 Å². The number of anilines is 2. The van der Waals surface area contributed by atoms with E-state index in [1.807, 2.05) is 6.07 Å².